The van der Waals surface area contributed by atoms with Crippen LogP contribution in [0.5, 0.6) is 0 Å². The molecule has 2 aromatic rings. The number of fused-ring (bicyclic) bond motifs is 1. The highest BCUT2D eigenvalue weighted by molar-refractivity contribution is 6.30. The number of unbranched alkanes of at least 4 members (excludes halogenated alkanes) is 2. The summed E-state index contributed by atoms with van der Waals surface area (Å²) in [5, 5.41) is 12.0. The quantitative estimate of drug-likeness (QED) is 0.725. The summed E-state index contributed by atoms with van der Waals surface area (Å²) in [4.78, 5) is 27.3. The van der Waals surface area contributed by atoms with E-state index < -0.39 is 5.97 Å². The number of carbonyl (C=O) groups excluding carboxylic acids is 1. The lowest BCUT2D eigenvalue weighted by Crippen LogP contribution is -2.26. The average molecular weight is 338 g/mol. The zero-order valence-corrected chi connectivity index (χ0v) is 13.8. The summed E-state index contributed by atoms with van der Waals surface area (Å²) in [6, 6.07) is 3.53. The maximum Gasteiger partial charge on any atom is 0.303 e. The van der Waals surface area contributed by atoms with Crippen molar-refractivity contribution in [2.24, 2.45) is 0 Å². The van der Waals surface area contributed by atoms with Gasteiger partial charge in [0.1, 0.15) is 11.3 Å². The molecule has 2 aromatic heterocycles. The lowest BCUT2D eigenvalue weighted by Gasteiger charge is -2.06. The molecule has 0 fully saturated rings. The Balaban J connectivity index is 2.00. The highest BCUT2D eigenvalue weighted by Gasteiger charge is 2.17. The van der Waals surface area contributed by atoms with Crippen molar-refractivity contribution in [3.8, 4) is 0 Å². The Kier molecular flexibility index (Phi) is 5.98. The SMILES string of the molecule is CCc1nc2ccc(Cl)cn2c1C(=O)NCCCCCC(=O)O. The fraction of sp³-hybridized carbons (Fsp3) is 0.438. The summed E-state index contributed by atoms with van der Waals surface area (Å²) in [6.07, 6.45) is 4.64. The van der Waals surface area contributed by atoms with Crippen LogP contribution in [0.4, 0.5) is 0 Å². The number of carbonyl (C=O) groups is 2. The van der Waals surface area contributed by atoms with E-state index in [0.29, 0.717) is 35.8 Å². The van der Waals surface area contributed by atoms with Gasteiger partial charge in [-0.3, -0.25) is 14.0 Å². The lowest BCUT2D eigenvalue weighted by atomic mass is 10.2. The van der Waals surface area contributed by atoms with Gasteiger partial charge in [-0.05, 0) is 31.4 Å². The number of halogens is 1. The van der Waals surface area contributed by atoms with Crippen LogP contribution in [0.1, 0.15) is 48.8 Å². The molecule has 6 nitrogen and oxygen atoms in total. The monoisotopic (exact) mass is 337 g/mol. The van der Waals surface area contributed by atoms with Crippen molar-refractivity contribution in [1.29, 1.82) is 0 Å². The van der Waals surface area contributed by atoms with Crippen molar-refractivity contribution in [1.82, 2.24) is 14.7 Å². The molecule has 124 valence electrons. The van der Waals surface area contributed by atoms with Crippen LogP contribution in [-0.4, -0.2) is 32.9 Å². The van der Waals surface area contributed by atoms with Crippen molar-refractivity contribution in [3.05, 3.63) is 34.7 Å². The number of carboxylic acid groups (broad SMARTS) is 1. The molecule has 0 atom stereocenters. The molecule has 23 heavy (non-hydrogen) atoms. The van der Waals surface area contributed by atoms with Gasteiger partial charge in [0.2, 0.25) is 0 Å². The number of rotatable bonds is 8. The fourth-order valence-electron chi connectivity index (χ4n) is 2.42. The van der Waals surface area contributed by atoms with Crippen molar-refractivity contribution >= 4 is 29.1 Å². The minimum Gasteiger partial charge on any atom is -0.481 e. The van der Waals surface area contributed by atoms with Crippen LogP contribution in [-0.2, 0) is 11.2 Å². The van der Waals surface area contributed by atoms with Gasteiger partial charge in [0.05, 0.1) is 10.7 Å². The van der Waals surface area contributed by atoms with E-state index >= 15 is 0 Å². The van der Waals surface area contributed by atoms with Gasteiger partial charge >= 0.3 is 5.97 Å². The number of hydrogen-bond donors (Lipinski definition) is 2. The smallest absolute Gasteiger partial charge is 0.303 e. The van der Waals surface area contributed by atoms with E-state index in [0.717, 1.165) is 18.5 Å². The van der Waals surface area contributed by atoms with Crippen molar-refractivity contribution in [2.45, 2.75) is 39.0 Å². The van der Waals surface area contributed by atoms with Gasteiger partial charge in [-0.1, -0.05) is 24.9 Å². The Hall–Kier alpha value is -2.08. The van der Waals surface area contributed by atoms with Crippen molar-refractivity contribution < 1.29 is 14.7 Å². The lowest BCUT2D eigenvalue weighted by molar-refractivity contribution is -0.137. The number of hydrogen-bond acceptors (Lipinski definition) is 3. The molecule has 0 aromatic carbocycles. The summed E-state index contributed by atoms with van der Waals surface area (Å²) in [5.41, 5.74) is 1.93. The average Bonchev–Trinajstić information content (AvgIpc) is 2.87. The molecule has 0 aliphatic carbocycles. The largest absolute Gasteiger partial charge is 0.481 e. The Morgan fingerprint density at radius 3 is 2.78 bits per heavy atom. The molecule has 2 rings (SSSR count). The first-order valence-corrected chi connectivity index (χ1v) is 8.07. The first-order valence-electron chi connectivity index (χ1n) is 7.69. The van der Waals surface area contributed by atoms with Crippen molar-refractivity contribution in [2.75, 3.05) is 6.54 Å². The molecule has 0 aliphatic heterocycles. The highest BCUT2D eigenvalue weighted by Crippen LogP contribution is 2.17. The minimum absolute atomic E-state index is 0.166. The molecule has 0 unspecified atom stereocenters. The molecule has 0 saturated heterocycles. The van der Waals surface area contributed by atoms with Gasteiger partial charge in [0.25, 0.3) is 5.91 Å². The van der Waals surface area contributed by atoms with E-state index in [4.69, 9.17) is 16.7 Å². The fourth-order valence-corrected chi connectivity index (χ4v) is 2.58. The van der Waals surface area contributed by atoms with Crippen LogP contribution in [0.2, 0.25) is 5.02 Å². The highest BCUT2D eigenvalue weighted by atomic mass is 35.5. The number of amides is 1. The summed E-state index contributed by atoms with van der Waals surface area (Å²) in [6.45, 7) is 2.46. The van der Waals surface area contributed by atoms with Gasteiger partial charge in [-0.25, -0.2) is 4.98 Å². The molecular formula is C16H20ClN3O3. The summed E-state index contributed by atoms with van der Waals surface area (Å²) < 4.78 is 1.71. The van der Waals surface area contributed by atoms with E-state index in [1.54, 1.807) is 22.7 Å². The second-order valence-electron chi connectivity index (χ2n) is 5.30. The first-order chi connectivity index (χ1) is 11.0. The molecule has 2 N–H and O–H groups in total. The van der Waals surface area contributed by atoms with Gasteiger partial charge in [-0.2, -0.15) is 0 Å². The van der Waals surface area contributed by atoms with Crippen LogP contribution in [0.25, 0.3) is 5.65 Å². The number of aromatic nitrogens is 2. The van der Waals surface area contributed by atoms with Crippen LogP contribution < -0.4 is 5.32 Å². The second kappa shape index (κ2) is 7.97. The Labute approximate surface area is 139 Å². The van der Waals surface area contributed by atoms with Gasteiger partial charge in [-0.15, -0.1) is 0 Å². The number of nitrogens with zero attached hydrogens (tertiary/aromatic N) is 2. The van der Waals surface area contributed by atoms with Crippen molar-refractivity contribution in [3.63, 3.8) is 0 Å². The molecule has 1 amide bonds. The number of carboxylic acids is 1. The van der Waals surface area contributed by atoms with E-state index in [2.05, 4.69) is 10.3 Å². The Bertz CT molecular complexity index is 712. The third-order valence-electron chi connectivity index (χ3n) is 3.56. The summed E-state index contributed by atoms with van der Waals surface area (Å²) >= 11 is 6.01. The predicted molar refractivity (Wildman–Crippen MR) is 88.0 cm³/mol. The molecule has 7 heteroatoms. The number of imidazole rings is 1. The molecule has 2 heterocycles. The summed E-state index contributed by atoms with van der Waals surface area (Å²) in [7, 11) is 0. The van der Waals surface area contributed by atoms with Gasteiger partial charge in [0, 0.05) is 19.2 Å². The zero-order chi connectivity index (χ0) is 16.8. The second-order valence-corrected chi connectivity index (χ2v) is 5.73. The first kappa shape index (κ1) is 17.3. The number of aryl methyl sites for hydroxylation is 1. The molecular weight excluding hydrogens is 318 g/mol. The van der Waals surface area contributed by atoms with E-state index in [9.17, 15) is 9.59 Å². The molecule has 0 saturated carbocycles. The van der Waals surface area contributed by atoms with Gasteiger partial charge in [0.15, 0.2) is 0 Å². The molecule has 0 aliphatic rings. The summed E-state index contributed by atoms with van der Waals surface area (Å²) in [5.74, 6) is -0.973. The van der Waals surface area contributed by atoms with E-state index in [1.807, 2.05) is 6.92 Å². The number of nitrogens with one attached hydrogen (secondary N) is 1. The minimum atomic E-state index is -0.788. The Morgan fingerprint density at radius 2 is 2.09 bits per heavy atom. The normalized spacial score (nSPS) is 10.9. The van der Waals surface area contributed by atoms with Crippen LogP contribution in [0.3, 0.4) is 0 Å². The number of pyridine rings is 1. The maximum atomic E-state index is 12.4. The third-order valence-corrected chi connectivity index (χ3v) is 3.78. The molecule has 0 radical (unpaired) electrons. The van der Waals surface area contributed by atoms with Crippen LogP contribution >= 0.6 is 11.6 Å². The zero-order valence-electron chi connectivity index (χ0n) is 13.0. The van der Waals surface area contributed by atoms with Crippen LogP contribution in [0.15, 0.2) is 18.3 Å². The number of aliphatic carboxylic acids is 1. The van der Waals surface area contributed by atoms with Crippen LogP contribution in [0, 0.1) is 0 Å². The third kappa shape index (κ3) is 4.45. The maximum absolute atomic E-state index is 12.4. The van der Waals surface area contributed by atoms with E-state index in [1.165, 1.54) is 0 Å². The Morgan fingerprint density at radius 1 is 1.30 bits per heavy atom. The standard InChI is InChI=1S/C16H20ClN3O3/c1-2-12-15(20-10-11(17)7-8-13(20)19-12)16(23)18-9-5-3-4-6-14(21)22/h7-8,10H,2-6,9H2,1H3,(H,18,23)(H,21,22). The molecule has 0 spiro atoms. The topological polar surface area (TPSA) is 83.7 Å². The van der Waals surface area contributed by atoms with E-state index in [-0.39, 0.29) is 12.3 Å². The van der Waals surface area contributed by atoms with Gasteiger partial charge < -0.3 is 10.4 Å². The molecule has 0 bridgehead atoms. The predicted octanol–water partition coefficient (Wildman–Crippen LogP) is 2.92.